The fourth-order valence-electron chi connectivity index (χ4n) is 3.15. The highest BCUT2D eigenvalue weighted by atomic mass is 35.5. The quantitative estimate of drug-likeness (QED) is 0.490. The van der Waals surface area contributed by atoms with Crippen LogP contribution in [-0.2, 0) is 14.6 Å². The Kier molecular flexibility index (Phi) is 7.95. The number of anilines is 1. The van der Waals surface area contributed by atoms with E-state index in [4.69, 9.17) is 16.3 Å². The third-order valence-electron chi connectivity index (χ3n) is 4.78. The van der Waals surface area contributed by atoms with Crippen LogP contribution < -0.4 is 4.90 Å². The summed E-state index contributed by atoms with van der Waals surface area (Å²) in [6.07, 6.45) is 1.18. The number of nitrogens with zero attached hydrogens (tertiary/aromatic N) is 3. The van der Waals surface area contributed by atoms with Gasteiger partial charge in [-0.15, -0.1) is 23.7 Å². The summed E-state index contributed by atoms with van der Waals surface area (Å²) in [6.45, 7) is 4.18. The zero-order valence-corrected chi connectivity index (χ0v) is 20.6. The molecular formula is C19H21Cl2N3O4S3. The zero-order chi connectivity index (χ0) is 21.3. The SMILES string of the molecule is CS(=O)(=O)c1ccc2nc(N(CCN3CCOCC3)C(=O)c3ccc(Cl)s3)sc2c1.Cl. The van der Waals surface area contributed by atoms with Crippen molar-refractivity contribution in [2.24, 2.45) is 0 Å². The highest BCUT2D eigenvalue weighted by Crippen LogP contribution is 2.32. The van der Waals surface area contributed by atoms with Gasteiger partial charge in [0.25, 0.3) is 5.91 Å². The number of thiophene rings is 1. The number of thiazole rings is 1. The molecule has 1 aliphatic heterocycles. The molecule has 4 rings (SSSR count). The van der Waals surface area contributed by atoms with E-state index in [0.29, 0.717) is 46.2 Å². The van der Waals surface area contributed by atoms with Gasteiger partial charge in [0, 0.05) is 32.4 Å². The van der Waals surface area contributed by atoms with Crippen LogP contribution in [-0.4, -0.2) is 69.9 Å². The number of hydrogen-bond donors (Lipinski definition) is 0. The van der Waals surface area contributed by atoms with Crippen molar-refractivity contribution in [1.82, 2.24) is 9.88 Å². The minimum atomic E-state index is -3.32. The maximum Gasteiger partial charge on any atom is 0.270 e. The monoisotopic (exact) mass is 521 g/mol. The van der Waals surface area contributed by atoms with Crippen LogP contribution in [0.1, 0.15) is 9.67 Å². The van der Waals surface area contributed by atoms with Crippen molar-refractivity contribution in [3.63, 3.8) is 0 Å². The lowest BCUT2D eigenvalue weighted by molar-refractivity contribution is 0.0391. The first kappa shape index (κ1) is 24.4. The van der Waals surface area contributed by atoms with Crippen molar-refractivity contribution in [3.8, 4) is 0 Å². The Morgan fingerprint density at radius 2 is 1.97 bits per heavy atom. The van der Waals surface area contributed by atoms with E-state index < -0.39 is 9.84 Å². The van der Waals surface area contributed by atoms with Gasteiger partial charge in [-0.3, -0.25) is 14.6 Å². The molecule has 3 aromatic rings. The first-order valence-electron chi connectivity index (χ1n) is 9.29. The van der Waals surface area contributed by atoms with Gasteiger partial charge in [-0.1, -0.05) is 22.9 Å². The number of carbonyl (C=O) groups excluding carboxylic acids is 1. The number of hydrogen-bond acceptors (Lipinski definition) is 8. The number of benzene rings is 1. The number of halogens is 2. The smallest absolute Gasteiger partial charge is 0.270 e. The number of fused-ring (bicyclic) bond motifs is 1. The molecule has 0 aliphatic carbocycles. The zero-order valence-electron chi connectivity index (χ0n) is 16.6. The average molecular weight is 523 g/mol. The van der Waals surface area contributed by atoms with E-state index in [-0.39, 0.29) is 23.2 Å². The molecule has 3 heterocycles. The first-order chi connectivity index (χ1) is 14.3. The summed E-state index contributed by atoms with van der Waals surface area (Å²) in [5.74, 6) is -0.164. The standard InChI is InChI=1S/C19H20ClN3O4S3.ClH/c1-30(25,26)13-2-3-14-16(12-13)29-19(21-14)23(7-6-22-8-10-27-11-9-22)18(24)15-4-5-17(20)28-15;/h2-5,12H,6-11H2,1H3;1H. The predicted octanol–water partition coefficient (Wildman–Crippen LogP) is 3.82. The van der Waals surface area contributed by atoms with Crippen LogP contribution in [0.25, 0.3) is 10.2 Å². The van der Waals surface area contributed by atoms with Gasteiger partial charge >= 0.3 is 0 Å². The summed E-state index contributed by atoms with van der Waals surface area (Å²) < 4.78 is 30.4. The number of carbonyl (C=O) groups is 1. The Hall–Kier alpha value is -1.27. The van der Waals surface area contributed by atoms with E-state index in [1.54, 1.807) is 35.2 Å². The van der Waals surface area contributed by atoms with Crippen molar-refractivity contribution in [2.45, 2.75) is 4.90 Å². The summed E-state index contributed by atoms with van der Waals surface area (Å²) in [5.41, 5.74) is 0.663. The summed E-state index contributed by atoms with van der Waals surface area (Å²) in [4.78, 5) is 22.5. The van der Waals surface area contributed by atoms with Crippen molar-refractivity contribution >= 4 is 77.8 Å². The van der Waals surface area contributed by atoms with Crippen molar-refractivity contribution < 1.29 is 17.9 Å². The van der Waals surface area contributed by atoms with Crippen LogP contribution in [0.3, 0.4) is 0 Å². The van der Waals surface area contributed by atoms with Crippen LogP contribution in [0.4, 0.5) is 5.13 Å². The number of morpholine rings is 1. The van der Waals surface area contributed by atoms with Gasteiger partial charge < -0.3 is 4.74 Å². The van der Waals surface area contributed by atoms with Gasteiger partial charge in [0.2, 0.25) is 0 Å². The summed E-state index contributed by atoms with van der Waals surface area (Å²) in [6, 6.07) is 8.25. The van der Waals surface area contributed by atoms with Crippen LogP contribution in [0.15, 0.2) is 35.2 Å². The van der Waals surface area contributed by atoms with E-state index in [1.165, 1.54) is 28.9 Å². The van der Waals surface area contributed by atoms with E-state index in [9.17, 15) is 13.2 Å². The molecule has 0 atom stereocenters. The highest BCUT2D eigenvalue weighted by molar-refractivity contribution is 7.90. The van der Waals surface area contributed by atoms with Crippen LogP contribution in [0.2, 0.25) is 4.34 Å². The fraction of sp³-hybridized carbons (Fsp3) is 0.368. The molecule has 0 N–H and O–H groups in total. The molecule has 0 saturated carbocycles. The summed E-state index contributed by atoms with van der Waals surface area (Å²) in [7, 11) is -3.32. The third-order valence-corrected chi connectivity index (χ3v) is 8.15. The lowest BCUT2D eigenvalue weighted by atomic mass is 10.3. The molecule has 0 spiro atoms. The Labute approximate surface area is 199 Å². The van der Waals surface area contributed by atoms with E-state index >= 15 is 0 Å². The second-order valence-corrected chi connectivity index (χ2v) is 11.7. The minimum absolute atomic E-state index is 0. The molecule has 12 heteroatoms. The molecule has 2 aromatic heterocycles. The Balaban J connectivity index is 0.00000272. The second kappa shape index (κ2) is 10.1. The van der Waals surface area contributed by atoms with E-state index in [0.717, 1.165) is 17.8 Å². The van der Waals surface area contributed by atoms with Crippen molar-refractivity contribution in [2.75, 3.05) is 50.5 Å². The molecule has 1 saturated heterocycles. The average Bonchev–Trinajstić information content (AvgIpc) is 3.33. The molecule has 0 radical (unpaired) electrons. The normalized spacial score (nSPS) is 15.0. The number of amides is 1. The van der Waals surface area contributed by atoms with Gasteiger partial charge in [0.1, 0.15) is 0 Å². The van der Waals surface area contributed by atoms with Gasteiger partial charge in [-0.2, -0.15) is 0 Å². The Morgan fingerprint density at radius 1 is 1.23 bits per heavy atom. The summed E-state index contributed by atoms with van der Waals surface area (Å²) in [5, 5.41) is 0.540. The van der Waals surface area contributed by atoms with Gasteiger partial charge in [0.05, 0.1) is 37.5 Å². The molecular weight excluding hydrogens is 501 g/mol. The lowest BCUT2D eigenvalue weighted by Gasteiger charge is -2.29. The molecule has 168 valence electrons. The van der Waals surface area contributed by atoms with Crippen LogP contribution in [0.5, 0.6) is 0 Å². The maximum atomic E-state index is 13.2. The number of ether oxygens (including phenoxy) is 1. The van der Waals surface area contributed by atoms with Gasteiger partial charge in [-0.25, -0.2) is 13.4 Å². The molecule has 7 nitrogen and oxygen atoms in total. The van der Waals surface area contributed by atoms with Crippen LogP contribution in [0, 0.1) is 0 Å². The Bertz CT molecular complexity index is 1170. The molecule has 1 amide bonds. The van der Waals surface area contributed by atoms with Gasteiger partial charge in [-0.05, 0) is 30.3 Å². The topological polar surface area (TPSA) is 79.8 Å². The molecule has 1 aromatic carbocycles. The lowest BCUT2D eigenvalue weighted by Crippen LogP contribution is -2.43. The van der Waals surface area contributed by atoms with E-state index in [1.807, 2.05) is 0 Å². The molecule has 1 fully saturated rings. The molecule has 31 heavy (non-hydrogen) atoms. The second-order valence-electron chi connectivity index (χ2n) is 6.91. The minimum Gasteiger partial charge on any atom is -0.379 e. The molecule has 1 aliphatic rings. The number of rotatable bonds is 6. The largest absolute Gasteiger partial charge is 0.379 e. The predicted molar refractivity (Wildman–Crippen MR) is 128 cm³/mol. The van der Waals surface area contributed by atoms with Gasteiger partial charge in [0.15, 0.2) is 15.0 Å². The Morgan fingerprint density at radius 3 is 2.61 bits per heavy atom. The van der Waals surface area contributed by atoms with Crippen molar-refractivity contribution in [1.29, 1.82) is 0 Å². The number of aromatic nitrogens is 1. The first-order valence-corrected chi connectivity index (χ1v) is 13.2. The third kappa shape index (κ3) is 5.75. The maximum absolute atomic E-state index is 13.2. The highest BCUT2D eigenvalue weighted by Gasteiger charge is 2.24. The van der Waals surface area contributed by atoms with E-state index in [2.05, 4.69) is 9.88 Å². The summed E-state index contributed by atoms with van der Waals surface area (Å²) >= 11 is 8.58. The van der Waals surface area contributed by atoms with Crippen LogP contribution >= 0.6 is 46.7 Å². The fourth-order valence-corrected chi connectivity index (χ4v) is 5.89. The number of sulfone groups is 1. The molecule has 0 unspecified atom stereocenters. The molecule has 0 bridgehead atoms. The van der Waals surface area contributed by atoms with Crippen molar-refractivity contribution in [3.05, 3.63) is 39.5 Å².